The van der Waals surface area contributed by atoms with Crippen LogP contribution in [0.4, 0.5) is 5.69 Å². The number of carbonyl (C=O) groups excluding carboxylic acids is 2. The molecule has 22 heavy (non-hydrogen) atoms. The molecule has 2 amide bonds. The zero-order valence-corrected chi connectivity index (χ0v) is 12.5. The molecule has 3 unspecified atom stereocenters. The average molecular weight is 302 g/mol. The van der Waals surface area contributed by atoms with E-state index in [0.717, 1.165) is 36.9 Å². The van der Waals surface area contributed by atoms with Gasteiger partial charge in [-0.1, -0.05) is 24.6 Å². The molecule has 0 bridgehead atoms. The lowest BCUT2D eigenvalue weighted by Crippen LogP contribution is -2.34. The zero-order valence-electron chi connectivity index (χ0n) is 12.5. The quantitative estimate of drug-likeness (QED) is 0.793. The maximum Gasteiger partial charge on any atom is 0.232 e. The van der Waals surface area contributed by atoms with Crippen LogP contribution < -0.4 is 10.6 Å². The lowest BCUT2D eigenvalue weighted by molar-refractivity contribution is -0.125. The molecule has 1 heterocycles. The Balaban J connectivity index is 1.53. The van der Waals surface area contributed by atoms with Gasteiger partial charge in [-0.15, -0.1) is 0 Å². The first-order valence-corrected chi connectivity index (χ1v) is 7.98. The Labute approximate surface area is 130 Å². The van der Waals surface area contributed by atoms with Gasteiger partial charge in [0, 0.05) is 18.7 Å². The predicted octanol–water partition coefficient (Wildman–Crippen LogP) is 1.78. The molecule has 1 saturated carbocycles. The maximum absolute atomic E-state index is 12.1. The third kappa shape index (κ3) is 3.30. The van der Waals surface area contributed by atoms with Crippen molar-refractivity contribution in [3.63, 3.8) is 0 Å². The second kappa shape index (κ2) is 6.48. The molecule has 5 nitrogen and oxygen atoms in total. The second-order valence-electron chi connectivity index (χ2n) is 6.32. The molecule has 0 radical (unpaired) electrons. The number of benzene rings is 1. The van der Waals surface area contributed by atoms with Gasteiger partial charge in [-0.2, -0.15) is 0 Å². The van der Waals surface area contributed by atoms with Crippen LogP contribution >= 0.6 is 0 Å². The van der Waals surface area contributed by atoms with E-state index in [-0.39, 0.29) is 24.3 Å². The summed E-state index contributed by atoms with van der Waals surface area (Å²) in [5.41, 5.74) is 1.71. The first-order valence-electron chi connectivity index (χ1n) is 7.98. The van der Waals surface area contributed by atoms with Gasteiger partial charge in [0.15, 0.2) is 0 Å². The number of fused-ring (bicyclic) bond motifs is 1. The highest BCUT2D eigenvalue weighted by Gasteiger charge is 2.32. The molecule has 3 rings (SSSR count). The van der Waals surface area contributed by atoms with E-state index in [0.29, 0.717) is 12.5 Å². The Kier molecular flexibility index (Phi) is 4.43. The van der Waals surface area contributed by atoms with Crippen LogP contribution in [0, 0.1) is 5.92 Å². The Morgan fingerprint density at radius 1 is 1.32 bits per heavy atom. The van der Waals surface area contributed by atoms with Crippen molar-refractivity contribution < 1.29 is 14.7 Å². The number of carbonyl (C=O) groups is 2. The topological polar surface area (TPSA) is 78.4 Å². The summed E-state index contributed by atoms with van der Waals surface area (Å²) in [5.74, 6) is -0.258. The van der Waals surface area contributed by atoms with Gasteiger partial charge in [0.1, 0.15) is 0 Å². The van der Waals surface area contributed by atoms with Crippen molar-refractivity contribution in [1.29, 1.82) is 0 Å². The molecule has 1 aliphatic heterocycles. The molecular formula is C17H22N2O3. The lowest BCUT2D eigenvalue weighted by Gasteiger charge is -2.26. The van der Waals surface area contributed by atoms with Gasteiger partial charge in [-0.25, -0.2) is 0 Å². The first-order chi connectivity index (χ1) is 10.6. The van der Waals surface area contributed by atoms with E-state index in [1.165, 1.54) is 0 Å². The van der Waals surface area contributed by atoms with Crippen LogP contribution in [-0.2, 0) is 9.59 Å². The molecule has 0 aromatic heterocycles. The minimum atomic E-state index is -0.395. The van der Waals surface area contributed by atoms with Gasteiger partial charge < -0.3 is 15.7 Å². The van der Waals surface area contributed by atoms with Crippen LogP contribution in [0.1, 0.15) is 43.6 Å². The number of rotatable bonds is 4. The number of para-hydroxylation sites is 1. The largest absolute Gasteiger partial charge is 0.393 e. The van der Waals surface area contributed by atoms with Crippen molar-refractivity contribution in [1.82, 2.24) is 5.32 Å². The second-order valence-corrected chi connectivity index (χ2v) is 6.32. The molecule has 3 N–H and O–H groups in total. The van der Waals surface area contributed by atoms with Gasteiger partial charge in [0.2, 0.25) is 11.8 Å². The van der Waals surface area contributed by atoms with E-state index < -0.39 is 5.92 Å². The summed E-state index contributed by atoms with van der Waals surface area (Å²) in [6.07, 6.45) is 3.63. The highest BCUT2D eigenvalue weighted by atomic mass is 16.3. The van der Waals surface area contributed by atoms with E-state index in [2.05, 4.69) is 10.6 Å². The Morgan fingerprint density at radius 2 is 2.14 bits per heavy atom. The molecule has 3 atom stereocenters. The van der Waals surface area contributed by atoms with Crippen LogP contribution in [0.25, 0.3) is 0 Å². The Hall–Kier alpha value is -1.88. The fraction of sp³-hybridized carbons (Fsp3) is 0.529. The number of anilines is 1. The lowest BCUT2D eigenvalue weighted by atomic mass is 9.87. The molecule has 118 valence electrons. The number of amides is 2. The summed E-state index contributed by atoms with van der Waals surface area (Å²) in [6, 6.07) is 7.50. The molecular weight excluding hydrogens is 280 g/mol. The smallest absolute Gasteiger partial charge is 0.232 e. The summed E-state index contributed by atoms with van der Waals surface area (Å²) < 4.78 is 0. The van der Waals surface area contributed by atoms with Crippen molar-refractivity contribution in [2.24, 2.45) is 5.92 Å². The SMILES string of the molecule is O=C(CC1C(=O)Nc2ccccc21)NCC1CCCC(O)C1. The number of hydrogen-bond donors (Lipinski definition) is 3. The van der Waals surface area contributed by atoms with Crippen molar-refractivity contribution in [3.05, 3.63) is 29.8 Å². The van der Waals surface area contributed by atoms with Gasteiger partial charge in [0.25, 0.3) is 0 Å². The highest BCUT2D eigenvalue weighted by Crippen LogP contribution is 2.34. The fourth-order valence-electron chi connectivity index (χ4n) is 3.44. The zero-order chi connectivity index (χ0) is 15.5. The van der Waals surface area contributed by atoms with Gasteiger partial charge in [-0.05, 0) is 36.8 Å². The van der Waals surface area contributed by atoms with Gasteiger partial charge in [-0.3, -0.25) is 9.59 Å². The van der Waals surface area contributed by atoms with E-state index in [1.807, 2.05) is 24.3 Å². The normalized spacial score (nSPS) is 27.1. The molecule has 0 spiro atoms. The number of nitrogens with one attached hydrogen (secondary N) is 2. The maximum atomic E-state index is 12.1. The summed E-state index contributed by atoms with van der Waals surface area (Å²) in [5, 5.41) is 15.4. The van der Waals surface area contributed by atoms with Crippen LogP contribution in [0.3, 0.4) is 0 Å². The third-order valence-electron chi connectivity index (χ3n) is 4.64. The molecule has 1 aliphatic carbocycles. The molecule has 0 saturated heterocycles. The summed E-state index contributed by atoms with van der Waals surface area (Å²) in [7, 11) is 0. The van der Waals surface area contributed by atoms with Gasteiger partial charge in [0.05, 0.1) is 12.0 Å². The van der Waals surface area contributed by atoms with Crippen LogP contribution in [0.15, 0.2) is 24.3 Å². The molecule has 1 aromatic rings. The third-order valence-corrected chi connectivity index (χ3v) is 4.64. The average Bonchev–Trinajstić information content (AvgIpc) is 2.81. The van der Waals surface area contributed by atoms with Crippen LogP contribution in [-0.4, -0.2) is 29.6 Å². The minimum Gasteiger partial charge on any atom is -0.393 e. The van der Waals surface area contributed by atoms with Crippen molar-refractivity contribution in [3.8, 4) is 0 Å². The standard InChI is InChI=1S/C17H22N2O3/c20-12-5-3-4-11(8-12)10-18-16(21)9-14-13-6-1-2-7-15(13)19-17(14)22/h1-2,6-7,11-12,14,20H,3-5,8-10H2,(H,18,21)(H,19,22). The molecule has 1 aromatic carbocycles. The summed E-state index contributed by atoms with van der Waals surface area (Å²) in [4.78, 5) is 24.1. The number of hydrogen-bond acceptors (Lipinski definition) is 3. The predicted molar refractivity (Wildman–Crippen MR) is 83.4 cm³/mol. The monoisotopic (exact) mass is 302 g/mol. The first kappa shape index (κ1) is 15.0. The van der Waals surface area contributed by atoms with E-state index in [4.69, 9.17) is 0 Å². The van der Waals surface area contributed by atoms with Crippen LogP contribution in [0.2, 0.25) is 0 Å². The number of aliphatic hydroxyl groups excluding tert-OH is 1. The minimum absolute atomic E-state index is 0.100. The Bertz CT molecular complexity index is 573. The summed E-state index contributed by atoms with van der Waals surface area (Å²) >= 11 is 0. The van der Waals surface area contributed by atoms with E-state index in [1.54, 1.807) is 0 Å². The van der Waals surface area contributed by atoms with Crippen LogP contribution in [0.5, 0.6) is 0 Å². The summed E-state index contributed by atoms with van der Waals surface area (Å²) in [6.45, 7) is 0.589. The van der Waals surface area contributed by atoms with Crippen molar-refractivity contribution in [2.75, 3.05) is 11.9 Å². The van der Waals surface area contributed by atoms with Gasteiger partial charge >= 0.3 is 0 Å². The highest BCUT2D eigenvalue weighted by molar-refractivity contribution is 6.04. The molecule has 2 aliphatic rings. The Morgan fingerprint density at radius 3 is 2.95 bits per heavy atom. The van der Waals surface area contributed by atoms with E-state index >= 15 is 0 Å². The molecule has 1 fully saturated rings. The molecule has 5 heteroatoms. The number of aliphatic hydroxyl groups is 1. The van der Waals surface area contributed by atoms with Crippen molar-refractivity contribution >= 4 is 17.5 Å². The van der Waals surface area contributed by atoms with Crippen molar-refractivity contribution in [2.45, 2.75) is 44.1 Å². The fourth-order valence-corrected chi connectivity index (χ4v) is 3.44. The van der Waals surface area contributed by atoms with E-state index in [9.17, 15) is 14.7 Å².